The normalized spacial score (nSPS) is 10.2. The number of methoxy groups -OCH3 is 1. The van der Waals surface area contributed by atoms with Crippen molar-refractivity contribution in [3.63, 3.8) is 0 Å². The van der Waals surface area contributed by atoms with Gasteiger partial charge in [-0.15, -0.1) is 5.10 Å². The second-order valence-corrected chi connectivity index (χ2v) is 5.78. The molecule has 7 nitrogen and oxygen atoms in total. The Labute approximate surface area is 185 Å². The first-order valence-corrected chi connectivity index (χ1v) is 9.92. The Morgan fingerprint density at radius 3 is 2.25 bits per heavy atom. The Morgan fingerprint density at radius 1 is 1.06 bits per heavy atom. The zero-order valence-electron chi connectivity index (χ0n) is 18.4. The van der Waals surface area contributed by atoms with Crippen LogP contribution in [0.1, 0.15) is 26.3 Å². The van der Waals surface area contributed by atoms with Crippen LogP contribution in [0.4, 0.5) is 30.6 Å². The first-order chi connectivity index (χ1) is 15.4. The van der Waals surface area contributed by atoms with Gasteiger partial charge in [0, 0.05) is 19.4 Å². The maximum absolute atomic E-state index is 12.6. The molecule has 1 heterocycles. The van der Waals surface area contributed by atoms with E-state index in [0.29, 0.717) is 23.2 Å². The molecule has 10 heteroatoms. The lowest BCUT2D eigenvalue weighted by Crippen LogP contribution is -2.04. The molecule has 0 atom stereocenters. The molecule has 2 aromatic carbocycles. The van der Waals surface area contributed by atoms with Crippen LogP contribution in [0.2, 0.25) is 0 Å². The number of alkyl halides is 3. The van der Waals surface area contributed by atoms with Crippen molar-refractivity contribution in [2.75, 3.05) is 30.9 Å². The molecule has 3 aromatic rings. The van der Waals surface area contributed by atoms with Crippen molar-refractivity contribution in [1.82, 2.24) is 10.2 Å². The van der Waals surface area contributed by atoms with Crippen LogP contribution in [0.3, 0.4) is 0 Å². The molecule has 0 fully saturated rings. The van der Waals surface area contributed by atoms with Crippen LogP contribution in [-0.2, 0) is 15.7 Å². The highest BCUT2D eigenvalue weighted by Gasteiger charge is 2.29. The molecular weight excluding hydrogens is 425 g/mol. The van der Waals surface area contributed by atoms with Crippen LogP contribution in [-0.4, -0.2) is 36.7 Å². The van der Waals surface area contributed by atoms with Gasteiger partial charge in [-0.2, -0.15) is 13.2 Å². The van der Waals surface area contributed by atoms with Gasteiger partial charge >= 0.3 is 12.2 Å². The average Bonchev–Trinajstić information content (AvgIpc) is 3.28. The van der Waals surface area contributed by atoms with E-state index >= 15 is 0 Å². The maximum Gasteiger partial charge on any atom is 0.416 e. The van der Waals surface area contributed by atoms with Gasteiger partial charge in [0.2, 0.25) is 0 Å². The molecule has 0 amide bonds. The fourth-order valence-electron chi connectivity index (χ4n) is 2.21. The molecule has 0 radical (unpaired) electrons. The third-order valence-corrected chi connectivity index (χ3v) is 3.70. The Balaban J connectivity index is 0.000000769. The van der Waals surface area contributed by atoms with Crippen LogP contribution in [0.15, 0.2) is 52.9 Å². The summed E-state index contributed by atoms with van der Waals surface area (Å²) in [5.74, 6) is 0.202. The number of aromatic nitrogens is 2. The monoisotopic (exact) mass is 452 g/mol. The zero-order valence-corrected chi connectivity index (χ0v) is 18.4. The van der Waals surface area contributed by atoms with Crippen LogP contribution in [0, 0.1) is 0 Å². The number of anilines is 3. The zero-order chi connectivity index (χ0) is 24.0. The summed E-state index contributed by atoms with van der Waals surface area (Å²) in [6.45, 7) is 6.81. The lowest BCUT2D eigenvalue weighted by Gasteiger charge is -2.11. The molecule has 32 heavy (non-hydrogen) atoms. The van der Waals surface area contributed by atoms with Gasteiger partial charge in [0.15, 0.2) is 0 Å². The lowest BCUT2D eigenvalue weighted by molar-refractivity contribution is -0.137. The highest BCUT2D eigenvalue weighted by Crippen LogP contribution is 2.32. The van der Waals surface area contributed by atoms with E-state index in [1.807, 2.05) is 20.8 Å². The summed E-state index contributed by atoms with van der Waals surface area (Å²) in [6.07, 6.45) is -3.73. The number of benzene rings is 2. The molecule has 0 unspecified atom stereocenters. The molecule has 0 aliphatic rings. The van der Waals surface area contributed by atoms with Crippen molar-refractivity contribution in [2.45, 2.75) is 26.9 Å². The Bertz CT molecular complexity index is 927. The number of halogens is 3. The molecule has 0 saturated heterocycles. The molecule has 2 N–H and O–H groups in total. The van der Waals surface area contributed by atoms with Gasteiger partial charge in [-0.25, -0.2) is 0 Å². The topological polar surface area (TPSA) is 89.3 Å². The van der Waals surface area contributed by atoms with Crippen molar-refractivity contribution in [1.29, 1.82) is 0 Å². The van der Waals surface area contributed by atoms with Gasteiger partial charge in [0.1, 0.15) is 6.29 Å². The van der Waals surface area contributed by atoms with E-state index in [0.717, 1.165) is 18.7 Å². The molecule has 0 bridgehead atoms. The summed E-state index contributed by atoms with van der Waals surface area (Å²) in [5.41, 5.74) is 0.903. The van der Waals surface area contributed by atoms with Gasteiger partial charge in [0.05, 0.1) is 23.4 Å². The number of hydrogen-bond acceptors (Lipinski definition) is 7. The van der Waals surface area contributed by atoms with Crippen molar-refractivity contribution < 1.29 is 27.1 Å². The number of para-hydroxylation sites is 1. The molecule has 3 rings (SSSR count). The van der Waals surface area contributed by atoms with Crippen molar-refractivity contribution in [3.05, 3.63) is 54.1 Å². The molecule has 0 spiro atoms. The van der Waals surface area contributed by atoms with Gasteiger partial charge in [-0.05, 0) is 43.3 Å². The number of rotatable bonds is 7. The molecule has 0 aliphatic carbocycles. The van der Waals surface area contributed by atoms with Crippen LogP contribution >= 0.6 is 0 Å². The summed E-state index contributed by atoms with van der Waals surface area (Å²) in [7, 11) is 1.68. The van der Waals surface area contributed by atoms with Crippen molar-refractivity contribution >= 4 is 23.7 Å². The van der Waals surface area contributed by atoms with E-state index in [-0.39, 0.29) is 18.5 Å². The number of nitrogens with zero attached hydrogens (tertiary/aromatic N) is 2. The Morgan fingerprint density at radius 2 is 1.69 bits per heavy atom. The minimum absolute atomic E-state index is 0.0348. The predicted molar refractivity (Wildman–Crippen MR) is 118 cm³/mol. The smallest absolute Gasteiger partial charge is 0.403 e. The Kier molecular flexibility index (Phi) is 11.5. The summed E-state index contributed by atoms with van der Waals surface area (Å²) in [5, 5.41) is 13.4. The van der Waals surface area contributed by atoms with Crippen LogP contribution in [0.5, 0.6) is 0 Å². The number of ether oxygens (including phenoxy) is 1. The number of hydrogen-bond donors (Lipinski definition) is 2. The van der Waals surface area contributed by atoms with E-state index in [4.69, 9.17) is 4.42 Å². The lowest BCUT2D eigenvalue weighted by atomic mass is 10.1. The standard InChI is InChI=1S/C17H13F3N4O2.C3H8O.C2H6/c18-17(19,20)11-5-7-12(8-6-11)22-14-4-2-1-3-13(14)15-23-24-16(26-15)21-9-10-25;1-3-4-2;1-2/h1-8,10,22H,9H2,(H,21,24);3H2,1-2H3;1-2H3. The first kappa shape index (κ1) is 26.6. The van der Waals surface area contributed by atoms with Crippen molar-refractivity contribution in [3.8, 4) is 11.5 Å². The summed E-state index contributed by atoms with van der Waals surface area (Å²) >= 11 is 0. The second kappa shape index (κ2) is 13.8. The predicted octanol–water partition coefficient (Wildman–Crippen LogP) is 5.79. The second-order valence-electron chi connectivity index (χ2n) is 5.78. The SMILES string of the molecule is CC.CCOC.O=CCNc1nnc(-c2ccccc2Nc2ccc(C(F)(F)F)cc2)o1. The highest BCUT2D eigenvalue weighted by atomic mass is 19.4. The van der Waals surface area contributed by atoms with E-state index in [2.05, 4.69) is 25.6 Å². The third-order valence-electron chi connectivity index (χ3n) is 3.70. The summed E-state index contributed by atoms with van der Waals surface area (Å²) in [6, 6.07) is 11.7. The fraction of sp³-hybridized carbons (Fsp3) is 0.318. The molecule has 0 saturated carbocycles. The number of aldehydes is 1. The molecule has 174 valence electrons. The number of carbonyl (C=O) groups is 1. The van der Waals surface area contributed by atoms with Gasteiger partial charge in [-0.3, -0.25) is 0 Å². The van der Waals surface area contributed by atoms with E-state index in [9.17, 15) is 18.0 Å². The van der Waals surface area contributed by atoms with Gasteiger partial charge in [0.25, 0.3) is 5.89 Å². The van der Waals surface area contributed by atoms with E-state index in [1.165, 1.54) is 12.1 Å². The van der Waals surface area contributed by atoms with E-state index in [1.54, 1.807) is 31.4 Å². The third kappa shape index (κ3) is 8.38. The minimum Gasteiger partial charge on any atom is -0.403 e. The first-order valence-electron chi connectivity index (χ1n) is 9.92. The van der Waals surface area contributed by atoms with Gasteiger partial charge in [-0.1, -0.05) is 31.1 Å². The van der Waals surface area contributed by atoms with E-state index < -0.39 is 11.7 Å². The quantitative estimate of drug-likeness (QED) is 0.439. The summed E-state index contributed by atoms with van der Waals surface area (Å²) < 4.78 is 47.9. The highest BCUT2D eigenvalue weighted by molar-refractivity contribution is 5.77. The minimum atomic E-state index is -4.38. The van der Waals surface area contributed by atoms with Crippen molar-refractivity contribution in [2.24, 2.45) is 0 Å². The van der Waals surface area contributed by atoms with Crippen LogP contribution in [0.25, 0.3) is 11.5 Å². The average molecular weight is 452 g/mol. The fourth-order valence-corrected chi connectivity index (χ4v) is 2.21. The molecule has 1 aromatic heterocycles. The van der Waals surface area contributed by atoms with Gasteiger partial charge < -0.3 is 24.6 Å². The number of nitrogens with one attached hydrogen (secondary N) is 2. The maximum atomic E-state index is 12.6. The van der Waals surface area contributed by atoms with Crippen LogP contribution < -0.4 is 10.6 Å². The molecular formula is C22H27F3N4O3. The summed E-state index contributed by atoms with van der Waals surface area (Å²) in [4.78, 5) is 10.4. The molecule has 0 aliphatic heterocycles. The Hall–Kier alpha value is -3.40. The largest absolute Gasteiger partial charge is 0.416 e. The number of carbonyl (C=O) groups excluding carboxylic acids is 1.